The van der Waals surface area contributed by atoms with Gasteiger partial charge >= 0.3 is 0 Å². The fraction of sp³-hybridized carbons (Fsp3) is 0.0800. The minimum absolute atomic E-state index is 0.0815. The lowest BCUT2D eigenvalue weighted by Crippen LogP contribution is -3.18. The van der Waals surface area contributed by atoms with E-state index < -0.39 is 0 Å². The number of fused-ring (bicyclic) bond motifs is 6. The van der Waals surface area contributed by atoms with Crippen molar-refractivity contribution < 1.29 is 4.90 Å². The van der Waals surface area contributed by atoms with Gasteiger partial charge in [-0.05, 0) is 77.7 Å². The Bertz CT molecular complexity index is 2910. The lowest BCUT2D eigenvalue weighted by Gasteiger charge is -2.60. The quantitative estimate of drug-likeness (QED) is 0.179. The van der Waals surface area contributed by atoms with Gasteiger partial charge in [-0.1, -0.05) is 133 Å². The van der Waals surface area contributed by atoms with Crippen LogP contribution in [0.2, 0.25) is 0 Å². The molecular formula is C50H38N4. The number of nitrogens with zero attached hydrogens (tertiary/aromatic N) is 3. The second-order valence-electron chi connectivity index (χ2n) is 14.6. The van der Waals surface area contributed by atoms with E-state index in [-0.39, 0.29) is 12.3 Å². The molecule has 1 saturated heterocycles. The zero-order valence-electron chi connectivity index (χ0n) is 29.8. The largest absolute Gasteiger partial charge is 0.552 e. The molecule has 1 aliphatic carbocycles. The monoisotopic (exact) mass is 694 g/mol. The van der Waals surface area contributed by atoms with Crippen LogP contribution in [0.5, 0.6) is 0 Å². The van der Waals surface area contributed by atoms with Gasteiger partial charge in [-0.2, -0.15) is 0 Å². The van der Waals surface area contributed by atoms with Gasteiger partial charge in [0.05, 0.1) is 22.1 Å². The van der Waals surface area contributed by atoms with Gasteiger partial charge in [0.15, 0.2) is 0 Å². The highest BCUT2D eigenvalue weighted by Crippen LogP contribution is 2.40. The molecule has 0 bridgehead atoms. The molecule has 4 nitrogen and oxygen atoms in total. The number of aromatic nitrogens is 2. The molecular weight excluding hydrogens is 657 g/mol. The Morgan fingerprint density at radius 2 is 1.09 bits per heavy atom. The molecule has 4 atom stereocenters. The minimum atomic E-state index is 0.0815. The number of hydrogen-bond acceptors (Lipinski definition) is 0. The molecule has 54 heavy (non-hydrogen) atoms. The summed E-state index contributed by atoms with van der Waals surface area (Å²) in [6, 6.07) is 62.1. The Labute approximate surface area is 314 Å². The predicted octanol–water partition coefficient (Wildman–Crippen LogP) is 11.6. The second kappa shape index (κ2) is 12.6. The van der Waals surface area contributed by atoms with Crippen LogP contribution in [0.3, 0.4) is 0 Å². The Hall–Kier alpha value is -6.46. The maximum atomic E-state index is 5.31. The second-order valence-corrected chi connectivity index (χ2v) is 14.6. The average molecular weight is 695 g/mol. The zero-order valence-corrected chi connectivity index (χ0v) is 29.8. The minimum Gasteiger partial charge on any atom is -0.552 e. The molecule has 0 amide bonds. The molecule has 2 aromatic heterocycles. The molecule has 1 fully saturated rings. The molecule has 1 N–H and O–H groups in total. The summed E-state index contributed by atoms with van der Waals surface area (Å²) in [5.74, 6) is 0.388. The van der Waals surface area contributed by atoms with Crippen molar-refractivity contribution in [3.05, 3.63) is 205 Å². The van der Waals surface area contributed by atoms with Crippen molar-refractivity contribution >= 4 is 49.3 Å². The van der Waals surface area contributed by atoms with E-state index in [9.17, 15) is 0 Å². The molecule has 11 rings (SSSR count). The van der Waals surface area contributed by atoms with E-state index in [1.165, 1.54) is 70.9 Å². The highest BCUT2D eigenvalue weighted by molar-refractivity contribution is 6.19. The number of quaternary nitrogens is 1. The van der Waals surface area contributed by atoms with Crippen LogP contribution in [0.1, 0.15) is 18.2 Å². The van der Waals surface area contributed by atoms with E-state index in [2.05, 4.69) is 203 Å². The molecule has 3 heterocycles. The van der Waals surface area contributed by atoms with Crippen LogP contribution in [0.4, 0.5) is 5.69 Å². The average Bonchev–Trinajstić information content (AvgIpc) is 3.73. The molecule has 2 aliphatic rings. The molecule has 4 unspecified atom stereocenters. The van der Waals surface area contributed by atoms with Crippen LogP contribution in [0, 0.1) is 5.92 Å². The van der Waals surface area contributed by atoms with Crippen molar-refractivity contribution in [2.45, 2.75) is 18.8 Å². The number of allylic oxidation sites excluding steroid dienone is 3. The molecule has 0 radical (unpaired) electrons. The number of hydrogen-bond donors (Lipinski definition) is 1. The number of para-hydroxylation sites is 3. The predicted molar refractivity (Wildman–Crippen MR) is 224 cm³/mol. The Morgan fingerprint density at radius 3 is 1.80 bits per heavy atom. The van der Waals surface area contributed by atoms with Gasteiger partial charge in [-0.15, -0.1) is 0 Å². The third kappa shape index (κ3) is 4.92. The van der Waals surface area contributed by atoms with Gasteiger partial charge in [0.2, 0.25) is 0 Å². The summed E-state index contributed by atoms with van der Waals surface area (Å²) in [6.07, 6.45) is 10.2. The van der Waals surface area contributed by atoms with E-state index in [4.69, 9.17) is 5.32 Å². The van der Waals surface area contributed by atoms with Crippen LogP contribution < -0.4 is 4.90 Å². The first-order valence-electron chi connectivity index (χ1n) is 19.0. The summed E-state index contributed by atoms with van der Waals surface area (Å²) < 4.78 is 4.86. The molecule has 0 spiro atoms. The van der Waals surface area contributed by atoms with E-state index in [0.29, 0.717) is 5.92 Å². The molecule has 1 aliphatic heterocycles. The lowest BCUT2D eigenvalue weighted by atomic mass is 9.90. The summed E-state index contributed by atoms with van der Waals surface area (Å²) in [5, 5.41) is 10.4. The van der Waals surface area contributed by atoms with E-state index in [1.54, 1.807) is 0 Å². The van der Waals surface area contributed by atoms with Gasteiger partial charge in [0.25, 0.3) is 0 Å². The third-order valence-corrected chi connectivity index (χ3v) is 11.6. The summed E-state index contributed by atoms with van der Waals surface area (Å²) in [5.41, 5.74) is 12.1. The van der Waals surface area contributed by atoms with Crippen molar-refractivity contribution in [1.82, 2.24) is 9.13 Å². The van der Waals surface area contributed by atoms with Crippen molar-refractivity contribution in [3.8, 4) is 22.5 Å². The number of nitrogens with one attached hydrogen (secondary N) is 1. The van der Waals surface area contributed by atoms with E-state index in [0.717, 1.165) is 17.8 Å². The van der Waals surface area contributed by atoms with Gasteiger partial charge in [0, 0.05) is 57.2 Å². The highest BCUT2D eigenvalue weighted by atomic mass is 15.5. The zero-order chi connectivity index (χ0) is 35.6. The van der Waals surface area contributed by atoms with Crippen molar-refractivity contribution in [1.29, 1.82) is 0 Å². The van der Waals surface area contributed by atoms with Gasteiger partial charge in [0.1, 0.15) is 5.69 Å². The smallest absolute Gasteiger partial charge is 0.129 e. The van der Waals surface area contributed by atoms with Crippen LogP contribution in [0.25, 0.3) is 71.4 Å². The van der Waals surface area contributed by atoms with Crippen molar-refractivity contribution in [3.63, 3.8) is 0 Å². The Kier molecular flexibility index (Phi) is 7.25. The maximum absolute atomic E-state index is 5.31. The topological polar surface area (TPSA) is 28.4 Å². The third-order valence-electron chi connectivity index (χ3n) is 11.6. The molecule has 4 heteroatoms. The molecule has 258 valence electrons. The molecule has 7 aromatic carbocycles. The van der Waals surface area contributed by atoms with Crippen LogP contribution in [-0.4, -0.2) is 15.3 Å². The van der Waals surface area contributed by atoms with Crippen molar-refractivity contribution in [2.75, 3.05) is 0 Å². The normalized spacial score (nSPS) is 19.6. The summed E-state index contributed by atoms with van der Waals surface area (Å²) >= 11 is 0. The van der Waals surface area contributed by atoms with Crippen LogP contribution in [0.15, 0.2) is 194 Å². The van der Waals surface area contributed by atoms with Gasteiger partial charge < -0.3 is 19.4 Å². The summed E-state index contributed by atoms with van der Waals surface area (Å²) in [7, 11) is 0. The van der Waals surface area contributed by atoms with Crippen LogP contribution >= 0.6 is 0 Å². The highest BCUT2D eigenvalue weighted by Gasteiger charge is 2.37. The van der Waals surface area contributed by atoms with Crippen LogP contribution in [-0.2, 0) is 0 Å². The Balaban J connectivity index is 1.06. The van der Waals surface area contributed by atoms with E-state index in [1.807, 2.05) is 0 Å². The Morgan fingerprint density at radius 1 is 0.481 bits per heavy atom. The molecule has 9 aromatic rings. The number of benzene rings is 7. The molecule has 0 saturated carbocycles. The fourth-order valence-corrected chi connectivity index (χ4v) is 9.07. The van der Waals surface area contributed by atoms with E-state index >= 15 is 0 Å². The fourth-order valence-electron chi connectivity index (χ4n) is 9.07. The summed E-state index contributed by atoms with van der Waals surface area (Å²) in [6.45, 7) is 0. The maximum Gasteiger partial charge on any atom is 0.129 e. The first-order valence-corrected chi connectivity index (χ1v) is 19.0. The van der Waals surface area contributed by atoms with Gasteiger partial charge in [-0.25, -0.2) is 0 Å². The SMILES string of the molecule is C1=CCC(C2[N-]C(c3ccccc3)[NH+]2c2cccc(-c3cccc(-n4c5ccccc5c5cc6c7ccccc7n(-c7ccccc7)c6cc54)c3)c2)C=C1. The summed E-state index contributed by atoms with van der Waals surface area (Å²) in [4.78, 5) is 1.42. The standard InChI is InChI=1S/C50H37N4/c1-4-16-34(17-5-1)49-51-50(35-18-6-2-7-19-35)54(49)40-25-15-21-37(31-40)36-20-14-24-39(30-36)53-46-29-13-11-27-42(46)44-32-43-41-26-10-12-28-45(41)52(47(43)33-48(44)53)38-22-8-3-9-23-38/h1-18,20-33,35,49-50H,19H2/q-1/p+1. The number of rotatable bonds is 6. The van der Waals surface area contributed by atoms with Crippen molar-refractivity contribution in [2.24, 2.45) is 5.92 Å². The first-order chi connectivity index (χ1) is 26.8. The van der Waals surface area contributed by atoms with Gasteiger partial charge in [-0.3, -0.25) is 0 Å². The lowest BCUT2D eigenvalue weighted by molar-refractivity contribution is -0.924. The first kappa shape index (κ1) is 31.1.